The lowest BCUT2D eigenvalue weighted by Gasteiger charge is -2.16. The van der Waals surface area contributed by atoms with Gasteiger partial charge in [0.05, 0.1) is 19.7 Å². The Morgan fingerprint density at radius 3 is 2.94 bits per heavy atom. The van der Waals surface area contributed by atoms with Crippen LogP contribution in [0.25, 0.3) is 0 Å². The van der Waals surface area contributed by atoms with Gasteiger partial charge < -0.3 is 15.0 Å². The molecular formula is C11H19ClN2O2S. The highest BCUT2D eigenvalue weighted by molar-refractivity contribution is 7.09. The maximum atomic E-state index is 11.7. The number of rotatable bonds is 7. The van der Waals surface area contributed by atoms with Crippen LogP contribution in [0.3, 0.4) is 0 Å². The van der Waals surface area contributed by atoms with E-state index in [1.54, 1.807) is 23.3 Å². The van der Waals surface area contributed by atoms with E-state index in [2.05, 4.69) is 5.32 Å². The van der Waals surface area contributed by atoms with Crippen molar-refractivity contribution in [2.45, 2.75) is 6.54 Å². The van der Waals surface area contributed by atoms with Crippen molar-refractivity contribution >= 4 is 29.7 Å². The molecule has 0 unspecified atom stereocenters. The Morgan fingerprint density at radius 2 is 2.35 bits per heavy atom. The number of likely N-dealkylation sites (N-methyl/N-ethyl adjacent to an activating group) is 1. The predicted octanol–water partition coefficient (Wildman–Crippen LogP) is 1.36. The monoisotopic (exact) mass is 278 g/mol. The molecule has 1 amide bonds. The third-order valence-corrected chi connectivity index (χ3v) is 3.02. The Kier molecular flexibility index (Phi) is 9.07. The molecule has 0 spiro atoms. The highest BCUT2D eigenvalue weighted by Gasteiger charge is 2.08. The molecule has 4 nitrogen and oxygen atoms in total. The smallest absolute Gasteiger partial charge is 0.236 e. The minimum Gasteiger partial charge on any atom is -0.383 e. The maximum absolute atomic E-state index is 11.7. The second-order valence-electron chi connectivity index (χ2n) is 3.50. The van der Waals surface area contributed by atoms with Crippen LogP contribution in [-0.4, -0.2) is 44.7 Å². The first kappa shape index (κ1) is 16.4. The van der Waals surface area contributed by atoms with Crippen LogP contribution in [0.2, 0.25) is 0 Å². The summed E-state index contributed by atoms with van der Waals surface area (Å²) in [6.07, 6.45) is 0. The number of ether oxygens (including phenoxy) is 1. The molecular weight excluding hydrogens is 260 g/mol. The molecule has 1 aromatic rings. The second kappa shape index (κ2) is 9.41. The highest BCUT2D eigenvalue weighted by Crippen LogP contribution is 2.10. The summed E-state index contributed by atoms with van der Waals surface area (Å²) in [5, 5.41) is 5.05. The number of nitrogens with zero attached hydrogens (tertiary/aromatic N) is 1. The van der Waals surface area contributed by atoms with E-state index in [1.807, 2.05) is 24.6 Å². The summed E-state index contributed by atoms with van der Waals surface area (Å²) in [5.41, 5.74) is 0. The number of carbonyl (C=O) groups is 1. The van der Waals surface area contributed by atoms with Gasteiger partial charge in [-0.3, -0.25) is 4.79 Å². The molecule has 1 heterocycles. The van der Waals surface area contributed by atoms with Crippen molar-refractivity contribution in [3.63, 3.8) is 0 Å². The van der Waals surface area contributed by atoms with Crippen molar-refractivity contribution < 1.29 is 9.53 Å². The van der Waals surface area contributed by atoms with Crippen LogP contribution in [0.5, 0.6) is 0 Å². The summed E-state index contributed by atoms with van der Waals surface area (Å²) in [5.74, 6) is 0.101. The number of hydrogen-bond acceptors (Lipinski definition) is 4. The minimum atomic E-state index is 0. The quantitative estimate of drug-likeness (QED) is 0.766. The Morgan fingerprint density at radius 1 is 1.59 bits per heavy atom. The van der Waals surface area contributed by atoms with Gasteiger partial charge in [-0.25, -0.2) is 0 Å². The summed E-state index contributed by atoms with van der Waals surface area (Å²) < 4.78 is 4.88. The fraction of sp³-hybridized carbons (Fsp3) is 0.545. The van der Waals surface area contributed by atoms with Crippen LogP contribution >= 0.6 is 23.7 Å². The molecule has 98 valence electrons. The Labute approximate surface area is 112 Å². The molecule has 0 aliphatic heterocycles. The van der Waals surface area contributed by atoms with Gasteiger partial charge in [-0.1, -0.05) is 6.07 Å². The molecule has 0 bridgehead atoms. The van der Waals surface area contributed by atoms with Crippen molar-refractivity contribution in [1.82, 2.24) is 10.2 Å². The fourth-order valence-electron chi connectivity index (χ4n) is 1.23. The first-order valence-corrected chi connectivity index (χ1v) is 6.08. The SMILES string of the molecule is COCCNCC(=O)N(C)Cc1cccs1.Cl. The van der Waals surface area contributed by atoms with Crippen LogP contribution in [0.1, 0.15) is 4.88 Å². The highest BCUT2D eigenvalue weighted by atomic mass is 35.5. The molecule has 0 atom stereocenters. The summed E-state index contributed by atoms with van der Waals surface area (Å²) in [6.45, 7) is 2.38. The van der Waals surface area contributed by atoms with Crippen LogP contribution in [0.4, 0.5) is 0 Å². The van der Waals surface area contributed by atoms with Gasteiger partial charge in [-0.2, -0.15) is 0 Å². The van der Waals surface area contributed by atoms with Gasteiger partial charge in [0.1, 0.15) is 0 Å². The van der Waals surface area contributed by atoms with Crippen molar-refractivity contribution in [1.29, 1.82) is 0 Å². The summed E-state index contributed by atoms with van der Waals surface area (Å²) in [6, 6.07) is 4.03. The molecule has 0 aromatic carbocycles. The van der Waals surface area contributed by atoms with Crippen LogP contribution in [-0.2, 0) is 16.1 Å². The van der Waals surface area contributed by atoms with Crippen LogP contribution < -0.4 is 5.32 Å². The van der Waals surface area contributed by atoms with Crippen molar-refractivity contribution in [3.05, 3.63) is 22.4 Å². The van der Waals surface area contributed by atoms with Gasteiger partial charge in [0, 0.05) is 25.6 Å². The molecule has 0 saturated heterocycles. The van der Waals surface area contributed by atoms with Crippen LogP contribution in [0, 0.1) is 0 Å². The van der Waals surface area contributed by atoms with Crippen molar-refractivity contribution in [2.24, 2.45) is 0 Å². The Hall–Kier alpha value is -0.620. The van der Waals surface area contributed by atoms with Gasteiger partial charge in [0.15, 0.2) is 0 Å². The molecule has 0 aliphatic carbocycles. The molecule has 0 saturated carbocycles. The molecule has 6 heteroatoms. The van der Waals surface area contributed by atoms with Crippen molar-refractivity contribution in [3.8, 4) is 0 Å². The molecule has 1 aromatic heterocycles. The lowest BCUT2D eigenvalue weighted by atomic mass is 10.4. The van der Waals surface area contributed by atoms with E-state index in [1.165, 1.54) is 4.88 Å². The fourth-order valence-corrected chi connectivity index (χ4v) is 1.99. The standard InChI is InChI=1S/C11H18N2O2S.ClH/c1-13(9-10-4-3-7-16-10)11(14)8-12-5-6-15-2;/h3-4,7,12H,5-6,8-9H2,1-2H3;1H. The number of thiophene rings is 1. The average Bonchev–Trinajstić information content (AvgIpc) is 2.76. The zero-order chi connectivity index (χ0) is 11.8. The van der Waals surface area contributed by atoms with Gasteiger partial charge in [-0.15, -0.1) is 23.7 Å². The first-order valence-electron chi connectivity index (χ1n) is 5.20. The molecule has 1 rings (SSSR count). The molecule has 0 aliphatic rings. The minimum absolute atomic E-state index is 0. The topological polar surface area (TPSA) is 41.6 Å². The second-order valence-corrected chi connectivity index (χ2v) is 4.53. The van der Waals surface area contributed by atoms with E-state index in [9.17, 15) is 4.79 Å². The first-order chi connectivity index (χ1) is 7.74. The zero-order valence-electron chi connectivity index (χ0n) is 10.1. The molecule has 17 heavy (non-hydrogen) atoms. The summed E-state index contributed by atoms with van der Waals surface area (Å²) >= 11 is 1.67. The zero-order valence-corrected chi connectivity index (χ0v) is 11.8. The molecule has 1 N–H and O–H groups in total. The van der Waals surface area contributed by atoms with Gasteiger partial charge >= 0.3 is 0 Å². The number of carbonyl (C=O) groups excluding carboxylic acids is 1. The largest absolute Gasteiger partial charge is 0.383 e. The van der Waals surface area contributed by atoms with Gasteiger partial charge in [0.2, 0.25) is 5.91 Å². The maximum Gasteiger partial charge on any atom is 0.236 e. The van der Waals surface area contributed by atoms with E-state index in [0.717, 1.165) is 0 Å². The number of nitrogens with one attached hydrogen (secondary N) is 1. The summed E-state index contributed by atoms with van der Waals surface area (Å²) in [4.78, 5) is 14.6. The normalized spacial score (nSPS) is 9.76. The van der Waals surface area contributed by atoms with Gasteiger partial charge in [0.25, 0.3) is 0 Å². The Balaban J connectivity index is 0.00000256. The van der Waals surface area contributed by atoms with Crippen LogP contribution in [0.15, 0.2) is 17.5 Å². The number of hydrogen-bond donors (Lipinski definition) is 1. The number of amides is 1. The van der Waals surface area contributed by atoms with E-state index in [-0.39, 0.29) is 18.3 Å². The molecule has 0 fully saturated rings. The van der Waals surface area contributed by atoms with E-state index in [4.69, 9.17) is 4.74 Å². The van der Waals surface area contributed by atoms with Crippen molar-refractivity contribution in [2.75, 3.05) is 33.9 Å². The van der Waals surface area contributed by atoms with E-state index >= 15 is 0 Å². The Bertz CT molecular complexity index is 306. The third-order valence-electron chi connectivity index (χ3n) is 2.16. The van der Waals surface area contributed by atoms with Gasteiger partial charge in [-0.05, 0) is 11.4 Å². The lowest BCUT2D eigenvalue weighted by molar-refractivity contribution is -0.129. The average molecular weight is 279 g/mol. The third kappa shape index (κ3) is 6.63. The van der Waals surface area contributed by atoms with E-state index < -0.39 is 0 Å². The number of halogens is 1. The number of methoxy groups -OCH3 is 1. The summed E-state index contributed by atoms with van der Waals surface area (Å²) in [7, 11) is 3.46. The predicted molar refractivity (Wildman–Crippen MR) is 72.8 cm³/mol. The van der Waals surface area contributed by atoms with E-state index in [0.29, 0.717) is 26.2 Å². The molecule has 0 radical (unpaired) electrons. The lowest BCUT2D eigenvalue weighted by Crippen LogP contribution is -2.36.